The molecule has 2 N–H and O–H groups in total. The molecule has 1 rings (SSSR count). The van der Waals surface area contributed by atoms with Gasteiger partial charge in [-0.05, 0) is 37.5 Å². The standard InChI is InChI=1S/C14H21BrN2O/c1-9(2)8-16-14(18)11(4)17-13-7-5-6-12(15)10(13)3/h5-7,9,11,17H,8H2,1-4H3,(H,16,18). The molecule has 1 aromatic carbocycles. The van der Waals surface area contributed by atoms with Gasteiger partial charge >= 0.3 is 0 Å². The van der Waals surface area contributed by atoms with Crippen LogP contribution in [0.5, 0.6) is 0 Å². The number of hydrogen-bond donors (Lipinski definition) is 2. The van der Waals surface area contributed by atoms with Gasteiger partial charge in [-0.25, -0.2) is 0 Å². The van der Waals surface area contributed by atoms with Gasteiger partial charge in [0.25, 0.3) is 0 Å². The van der Waals surface area contributed by atoms with Crippen molar-refractivity contribution in [1.29, 1.82) is 0 Å². The highest BCUT2D eigenvalue weighted by atomic mass is 79.9. The molecule has 0 radical (unpaired) electrons. The molecule has 1 unspecified atom stereocenters. The Morgan fingerprint density at radius 2 is 2.00 bits per heavy atom. The van der Waals surface area contributed by atoms with Crippen molar-refractivity contribution < 1.29 is 4.79 Å². The molecule has 18 heavy (non-hydrogen) atoms. The molecular weight excluding hydrogens is 292 g/mol. The summed E-state index contributed by atoms with van der Waals surface area (Å²) in [5.74, 6) is 0.497. The maximum absolute atomic E-state index is 11.9. The Hall–Kier alpha value is -1.03. The summed E-state index contributed by atoms with van der Waals surface area (Å²) in [4.78, 5) is 11.9. The van der Waals surface area contributed by atoms with E-state index in [1.54, 1.807) is 0 Å². The lowest BCUT2D eigenvalue weighted by atomic mass is 10.1. The number of halogens is 1. The van der Waals surface area contributed by atoms with Gasteiger partial charge in [-0.15, -0.1) is 0 Å². The molecule has 100 valence electrons. The maximum atomic E-state index is 11.9. The van der Waals surface area contributed by atoms with Crippen molar-refractivity contribution >= 4 is 27.5 Å². The second kappa shape index (κ2) is 6.78. The summed E-state index contributed by atoms with van der Waals surface area (Å²) >= 11 is 3.48. The van der Waals surface area contributed by atoms with Crippen molar-refractivity contribution in [3.63, 3.8) is 0 Å². The van der Waals surface area contributed by atoms with Gasteiger partial charge in [-0.2, -0.15) is 0 Å². The number of carbonyl (C=O) groups is 1. The summed E-state index contributed by atoms with van der Waals surface area (Å²) in [5, 5.41) is 6.16. The van der Waals surface area contributed by atoms with E-state index in [1.165, 1.54) is 0 Å². The van der Waals surface area contributed by atoms with Crippen molar-refractivity contribution in [1.82, 2.24) is 5.32 Å². The Bertz CT molecular complexity index is 418. The second-order valence-electron chi connectivity index (χ2n) is 4.92. The molecule has 0 aliphatic rings. The van der Waals surface area contributed by atoms with E-state index in [-0.39, 0.29) is 11.9 Å². The Labute approximate surface area is 117 Å². The SMILES string of the molecule is Cc1c(Br)cccc1NC(C)C(=O)NCC(C)C. The van der Waals surface area contributed by atoms with Crippen LogP contribution >= 0.6 is 15.9 Å². The largest absolute Gasteiger partial charge is 0.374 e. The quantitative estimate of drug-likeness (QED) is 0.875. The lowest BCUT2D eigenvalue weighted by Gasteiger charge is -2.18. The van der Waals surface area contributed by atoms with Crippen molar-refractivity contribution in [2.75, 3.05) is 11.9 Å². The number of anilines is 1. The predicted octanol–water partition coefficient (Wildman–Crippen LogP) is 3.33. The van der Waals surface area contributed by atoms with Crippen LogP contribution in [0.1, 0.15) is 26.3 Å². The molecular formula is C14H21BrN2O. The number of carbonyl (C=O) groups excluding carboxylic acids is 1. The molecule has 4 heteroatoms. The van der Waals surface area contributed by atoms with Gasteiger partial charge in [0, 0.05) is 16.7 Å². The highest BCUT2D eigenvalue weighted by Crippen LogP contribution is 2.23. The van der Waals surface area contributed by atoms with E-state index in [2.05, 4.69) is 40.4 Å². The number of amides is 1. The molecule has 0 aromatic heterocycles. The Balaban J connectivity index is 2.61. The van der Waals surface area contributed by atoms with E-state index in [0.717, 1.165) is 15.7 Å². The smallest absolute Gasteiger partial charge is 0.242 e. The van der Waals surface area contributed by atoms with E-state index in [0.29, 0.717) is 12.5 Å². The average molecular weight is 313 g/mol. The number of benzene rings is 1. The van der Waals surface area contributed by atoms with Crippen molar-refractivity contribution in [2.24, 2.45) is 5.92 Å². The number of hydrogen-bond acceptors (Lipinski definition) is 2. The van der Waals surface area contributed by atoms with Gasteiger partial charge in [0.05, 0.1) is 0 Å². The van der Waals surface area contributed by atoms with Crippen LogP contribution in [0.3, 0.4) is 0 Å². The van der Waals surface area contributed by atoms with Crippen molar-refractivity contribution in [3.05, 3.63) is 28.2 Å². The van der Waals surface area contributed by atoms with Gasteiger partial charge in [-0.3, -0.25) is 4.79 Å². The molecule has 0 saturated carbocycles. The lowest BCUT2D eigenvalue weighted by molar-refractivity contribution is -0.121. The van der Waals surface area contributed by atoms with E-state index < -0.39 is 0 Å². The summed E-state index contributed by atoms with van der Waals surface area (Å²) in [6.07, 6.45) is 0. The van der Waals surface area contributed by atoms with Crippen LogP contribution in [0, 0.1) is 12.8 Å². The molecule has 0 fully saturated rings. The van der Waals surface area contributed by atoms with Crippen LogP contribution in [0.15, 0.2) is 22.7 Å². The number of nitrogens with one attached hydrogen (secondary N) is 2. The van der Waals surface area contributed by atoms with Gasteiger partial charge in [0.1, 0.15) is 6.04 Å². The minimum Gasteiger partial charge on any atom is -0.374 e. The first kappa shape index (κ1) is 15.0. The summed E-state index contributed by atoms with van der Waals surface area (Å²) in [6, 6.07) is 5.69. The highest BCUT2D eigenvalue weighted by Gasteiger charge is 2.13. The molecule has 1 aromatic rings. The zero-order valence-electron chi connectivity index (χ0n) is 11.4. The third kappa shape index (κ3) is 4.33. The molecule has 0 spiro atoms. The van der Waals surface area contributed by atoms with Gasteiger partial charge in [0.15, 0.2) is 0 Å². The van der Waals surface area contributed by atoms with Gasteiger partial charge < -0.3 is 10.6 Å². The summed E-state index contributed by atoms with van der Waals surface area (Å²) in [5.41, 5.74) is 2.09. The fraction of sp³-hybridized carbons (Fsp3) is 0.500. The minimum absolute atomic E-state index is 0.0306. The highest BCUT2D eigenvalue weighted by molar-refractivity contribution is 9.10. The maximum Gasteiger partial charge on any atom is 0.242 e. The minimum atomic E-state index is -0.239. The third-order valence-electron chi connectivity index (χ3n) is 2.72. The average Bonchev–Trinajstić information content (AvgIpc) is 2.31. The van der Waals surface area contributed by atoms with E-state index in [9.17, 15) is 4.79 Å². The summed E-state index contributed by atoms with van der Waals surface area (Å²) in [6.45, 7) is 8.76. The molecule has 3 nitrogen and oxygen atoms in total. The number of rotatable bonds is 5. The van der Waals surface area contributed by atoms with E-state index in [1.807, 2.05) is 32.0 Å². The molecule has 1 amide bonds. The summed E-state index contributed by atoms with van der Waals surface area (Å²) < 4.78 is 1.04. The molecule has 0 saturated heterocycles. The Kier molecular flexibility index (Phi) is 5.66. The first-order valence-corrected chi connectivity index (χ1v) is 7.00. The zero-order chi connectivity index (χ0) is 13.7. The normalized spacial score (nSPS) is 12.3. The predicted molar refractivity (Wildman–Crippen MR) is 79.8 cm³/mol. The fourth-order valence-electron chi connectivity index (χ4n) is 1.52. The van der Waals surface area contributed by atoms with E-state index >= 15 is 0 Å². The Morgan fingerprint density at radius 3 is 2.61 bits per heavy atom. The molecule has 1 atom stereocenters. The fourth-order valence-corrected chi connectivity index (χ4v) is 1.89. The van der Waals surface area contributed by atoms with Crippen molar-refractivity contribution in [3.8, 4) is 0 Å². The molecule has 0 heterocycles. The van der Waals surface area contributed by atoms with Gasteiger partial charge in [-0.1, -0.05) is 35.8 Å². The van der Waals surface area contributed by atoms with Gasteiger partial charge in [0.2, 0.25) is 5.91 Å². The molecule has 0 bridgehead atoms. The van der Waals surface area contributed by atoms with Crippen LogP contribution < -0.4 is 10.6 Å². The first-order valence-electron chi connectivity index (χ1n) is 6.21. The third-order valence-corrected chi connectivity index (χ3v) is 3.58. The topological polar surface area (TPSA) is 41.1 Å². The van der Waals surface area contributed by atoms with E-state index in [4.69, 9.17) is 0 Å². The van der Waals surface area contributed by atoms with Crippen LogP contribution in [-0.4, -0.2) is 18.5 Å². The first-order chi connectivity index (χ1) is 8.41. The van der Waals surface area contributed by atoms with Crippen LogP contribution in [-0.2, 0) is 4.79 Å². The molecule has 0 aliphatic heterocycles. The Morgan fingerprint density at radius 1 is 1.33 bits per heavy atom. The van der Waals surface area contributed by atoms with Crippen LogP contribution in [0.2, 0.25) is 0 Å². The van der Waals surface area contributed by atoms with Crippen LogP contribution in [0.25, 0.3) is 0 Å². The molecule has 0 aliphatic carbocycles. The summed E-state index contributed by atoms with van der Waals surface area (Å²) in [7, 11) is 0. The lowest BCUT2D eigenvalue weighted by Crippen LogP contribution is -2.39. The van der Waals surface area contributed by atoms with Crippen LogP contribution in [0.4, 0.5) is 5.69 Å². The van der Waals surface area contributed by atoms with Crippen molar-refractivity contribution in [2.45, 2.75) is 33.7 Å². The zero-order valence-corrected chi connectivity index (χ0v) is 13.0. The second-order valence-corrected chi connectivity index (χ2v) is 5.77. The monoisotopic (exact) mass is 312 g/mol.